The molecule has 0 saturated carbocycles. The Balaban J connectivity index is 2.19. The quantitative estimate of drug-likeness (QED) is 0.797. The molecule has 0 spiro atoms. The summed E-state index contributed by atoms with van der Waals surface area (Å²) in [5.41, 5.74) is 3.50. The monoisotopic (exact) mass is 305 g/mol. The first-order chi connectivity index (χ1) is 10.1. The van der Waals surface area contributed by atoms with Crippen LogP contribution in [0.1, 0.15) is 36.6 Å². The van der Waals surface area contributed by atoms with Crippen LogP contribution in [0.5, 0.6) is 0 Å². The summed E-state index contributed by atoms with van der Waals surface area (Å²) >= 11 is 5.74. The summed E-state index contributed by atoms with van der Waals surface area (Å²) < 4.78 is 13.6. The zero-order chi connectivity index (χ0) is 15.2. The highest BCUT2D eigenvalue weighted by Crippen LogP contribution is 2.22. The minimum atomic E-state index is -0.356. The molecule has 2 rings (SSSR count). The lowest BCUT2D eigenvalue weighted by molar-refractivity contribution is 0.546. The van der Waals surface area contributed by atoms with Gasteiger partial charge in [0, 0.05) is 6.04 Å². The summed E-state index contributed by atoms with van der Waals surface area (Å²) in [5.74, 6) is -0.356. The Morgan fingerprint density at radius 3 is 2.29 bits per heavy atom. The standard InChI is InChI=1S/C18H21ClFN/c1-3-13-5-8-15(9-6-13)18(21-4-2)12-14-7-10-16(19)17(20)11-14/h5-11,18,21H,3-4,12H2,1-2H3. The third-order valence-corrected chi connectivity index (χ3v) is 3.97. The summed E-state index contributed by atoms with van der Waals surface area (Å²) in [4.78, 5) is 0. The Labute approximate surface area is 131 Å². The maximum absolute atomic E-state index is 13.6. The van der Waals surface area contributed by atoms with E-state index in [9.17, 15) is 4.39 Å². The smallest absolute Gasteiger partial charge is 0.142 e. The van der Waals surface area contributed by atoms with E-state index in [1.165, 1.54) is 17.2 Å². The van der Waals surface area contributed by atoms with Gasteiger partial charge in [0.05, 0.1) is 5.02 Å². The predicted octanol–water partition coefficient (Wildman–Crippen LogP) is 4.93. The molecule has 0 bridgehead atoms. The molecule has 3 heteroatoms. The van der Waals surface area contributed by atoms with E-state index in [0.717, 1.165) is 24.9 Å². The van der Waals surface area contributed by atoms with E-state index in [4.69, 9.17) is 11.6 Å². The predicted molar refractivity (Wildman–Crippen MR) is 87.4 cm³/mol. The van der Waals surface area contributed by atoms with Crippen molar-refractivity contribution >= 4 is 11.6 Å². The van der Waals surface area contributed by atoms with Crippen molar-refractivity contribution in [3.05, 3.63) is 70.0 Å². The Morgan fingerprint density at radius 2 is 1.71 bits per heavy atom. The van der Waals surface area contributed by atoms with Gasteiger partial charge >= 0.3 is 0 Å². The van der Waals surface area contributed by atoms with Gasteiger partial charge in [-0.15, -0.1) is 0 Å². The molecule has 0 aliphatic carbocycles. The van der Waals surface area contributed by atoms with Crippen molar-refractivity contribution in [2.45, 2.75) is 32.7 Å². The summed E-state index contributed by atoms with van der Waals surface area (Å²) in [6, 6.07) is 13.8. The number of benzene rings is 2. The van der Waals surface area contributed by atoms with Crippen LogP contribution in [0.25, 0.3) is 0 Å². The third-order valence-electron chi connectivity index (χ3n) is 3.66. The topological polar surface area (TPSA) is 12.0 Å². The summed E-state index contributed by atoms with van der Waals surface area (Å²) in [6.07, 6.45) is 1.78. The summed E-state index contributed by atoms with van der Waals surface area (Å²) in [5, 5.41) is 3.64. The second-order valence-corrected chi connectivity index (χ2v) is 5.57. The largest absolute Gasteiger partial charge is 0.310 e. The molecular weight excluding hydrogens is 285 g/mol. The van der Waals surface area contributed by atoms with Crippen molar-refractivity contribution in [2.24, 2.45) is 0 Å². The summed E-state index contributed by atoms with van der Waals surface area (Å²) in [7, 11) is 0. The Hall–Kier alpha value is -1.38. The van der Waals surface area contributed by atoms with Crippen LogP contribution in [0.4, 0.5) is 4.39 Å². The number of hydrogen-bond acceptors (Lipinski definition) is 1. The molecule has 0 aliphatic rings. The molecule has 21 heavy (non-hydrogen) atoms. The molecule has 0 aliphatic heterocycles. The Bertz CT molecular complexity index is 580. The minimum absolute atomic E-state index is 0.172. The van der Waals surface area contributed by atoms with Gasteiger partial charge in [-0.25, -0.2) is 4.39 Å². The van der Waals surface area contributed by atoms with E-state index in [0.29, 0.717) is 0 Å². The van der Waals surface area contributed by atoms with Crippen LogP contribution in [-0.4, -0.2) is 6.54 Å². The van der Waals surface area contributed by atoms with Crippen LogP contribution in [0.2, 0.25) is 5.02 Å². The number of hydrogen-bond donors (Lipinski definition) is 1. The van der Waals surface area contributed by atoms with Crippen LogP contribution >= 0.6 is 11.6 Å². The highest BCUT2D eigenvalue weighted by molar-refractivity contribution is 6.30. The molecule has 1 atom stereocenters. The SMILES string of the molecule is CCNC(Cc1ccc(Cl)c(F)c1)c1ccc(CC)cc1. The average Bonchev–Trinajstić information content (AvgIpc) is 2.50. The van der Waals surface area contributed by atoms with Crippen molar-refractivity contribution in [1.29, 1.82) is 0 Å². The molecule has 1 unspecified atom stereocenters. The van der Waals surface area contributed by atoms with Gasteiger partial charge in [0.1, 0.15) is 5.82 Å². The lowest BCUT2D eigenvalue weighted by Gasteiger charge is -2.19. The maximum atomic E-state index is 13.6. The second-order valence-electron chi connectivity index (χ2n) is 5.16. The first kappa shape index (κ1) is 16.0. The van der Waals surface area contributed by atoms with Crippen LogP contribution in [0, 0.1) is 5.82 Å². The van der Waals surface area contributed by atoms with Crippen molar-refractivity contribution in [3.8, 4) is 0 Å². The lowest BCUT2D eigenvalue weighted by atomic mass is 9.97. The Morgan fingerprint density at radius 1 is 1.05 bits per heavy atom. The van der Waals surface area contributed by atoms with Gasteiger partial charge in [0.25, 0.3) is 0 Å². The fourth-order valence-corrected chi connectivity index (χ4v) is 2.56. The van der Waals surface area contributed by atoms with Gasteiger partial charge in [0.2, 0.25) is 0 Å². The number of nitrogens with one attached hydrogen (secondary N) is 1. The number of aryl methyl sites for hydroxylation is 1. The van der Waals surface area contributed by atoms with E-state index in [2.05, 4.69) is 43.4 Å². The minimum Gasteiger partial charge on any atom is -0.310 e. The molecule has 1 N–H and O–H groups in total. The van der Waals surface area contributed by atoms with E-state index < -0.39 is 0 Å². The zero-order valence-corrected chi connectivity index (χ0v) is 13.3. The van der Waals surface area contributed by atoms with Gasteiger partial charge in [-0.2, -0.15) is 0 Å². The molecule has 0 saturated heterocycles. The molecule has 112 valence electrons. The fourth-order valence-electron chi connectivity index (χ4n) is 2.44. The highest BCUT2D eigenvalue weighted by atomic mass is 35.5. The zero-order valence-electron chi connectivity index (χ0n) is 12.5. The first-order valence-corrected chi connectivity index (χ1v) is 7.78. The number of likely N-dealkylation sites (N-methyl/N-ethyl adjacent to an activating group) is 1. The van der Waals surface area contributed by atoms with E-state index in [1.807, 2.05) is 6.07 Å². The van der Waals surface area contributed by atoms with Crippen molar-refractivity contribution in [2.75, 3.05) is 6.54 Å². The van der Waals surface area contributed by atoms with Crippen LogP contribution < -0.4 is 5.32 Å². The van der Waals surface area contributed by atoms with E-state index in [1.54, 1.807) is 6.07 Å². The summed E-state index contributed by atoms with van der Waals surface area (Å²) in [6.45, 7) is 5.10. The third kappa shape index (κ3) is 4.29. The van der Waals surface area contributed by atoms with Gasteiger partial charge in [-0.05, 0) is 48.2 Å². The highest BCUT2D eigenvalue weighted by Gasteiger charge is 2.12. The Kier molecular flexibility index (Phi) is 5.77. The normalized spacial score (nSPS) is 12.4. The van der Waals surface area contributed by atoms with Gasteiger partial charge in [-0.1, -0.05) is 55.8 Å². The van der Waals surface area contributed by atoms with Gasteiger partial charge in [-0.3, -0.25) is 0 Å². The van der Waals surface area contributed by atoms with Gasteiger partial charge < -0.3 is 5.32 Å². The molecule has 2 aromatic rings. The number of halogens is 2. The van der Waals surface area contributed by atoms with Crippen LogP contribution in [0.15, 0.2) is 42.5 Å². The molecule has 0 heterocycles. The van der Waals surface area contributed by atoms with Crippen LogP contribution in [0.3, 0.4) is 0 Å². The van der Waals surface area contributed by atoms with Crippen molar-refractivity contribution in [3.63, 3.8) is 0 Å². The molecular formula is C18H21ClFN. The molecule has 2 aromatic carbocycles. The van der Waals surface area contributed by atoms with E-state index in [-0.39, 0.29) is 16.9 Å². The molecule has 0 radical (unpaired) electrons. The van der Waals surface area contributed by atoms with Crippen molar-refractivity contribution < 1.29 is 4.39 Å². The molecule has 0 amide bonds. The number of rotatable bonds is 6. The maximum Gasteiger partial charge on any atom is 0.142 e. The van der Waals surface area contributed by atoms with E-state index >= 15 is 0 Å². The van der Waals surface area contributed by atoms with Crippen molar-refractivity contribution in [1.82, 2.24) is 5.32 Å². The fraction of sp³-hybridized carbons (Fsp3) is 0.333. The molecule has 0 fully saturated rings. The second kappa shape index (κ2) is 7.58. The first-order valence-electron chi connectivity index (χ1n) is 7.40. The lowest BCUT2D eigenvalue weighted by Crippen LogP contribution is -2.23. The molecule has 1 nitrogen and oxygen atoms in total. The average molecular weight is 306 g/mol. The van der Waals surface area contributed by atoms with Crippen LogP contribution in [-0.2, 0) is 12.8 Å². The molecule has 0 aromatic heterocycles. The van der Waals surface area contributed by atoms with Gasteiger partial charge in [0.15, 0.2) is 0 Å².